The molecule has 0 amide bonds. The molecule has 0 spiro atoms. The van der Waals surface area contributed by atoms with E-state index in [-0.39, 0.29) is 0 Å². The Kier molecular flexibility index (Phi) is 5.62. The van der Waals surface area contributed by atoms with E-state index in [9.17, 15) is 0 Å². The maximum atomic E-state index is 5.61. The lowest BCUT2D eigenvalue weighted by atomic mass is 10.3. The van der Waals surface area contributed by atoms with Gasteiger partial charge < -0.3 is 14.5 Å². The monoisotopic (exact) mass is 325 g/mol. The van der Waals surface area contributed by atoms with Gasteiger partial charge in [0, 0.05) is 57.3 Å². The van der Waals surface area contributed by atoms with E-state index >= 15 is 0 Å². The van der Waals surface area contributed by atoms with Crippen molar-refractivity contribution in [3.63, 3.8) is 0 Å². The number of anilines is 1. The molecule has 0 saturated carbocycles. The maximum Gasteiger partial charge on any atom is 0.205 e. The van der Waals surface area contributed by atoms with E-state index in [2.05, 4.69) is 31.0 Å². The smallest absolute Gasteiger partial charge is 0.205 e. The zero-order chi connectivity index (χ0) is 15.4. The molecule has 1 aromatic rings. The molecule has 1 aromatic heterocycles. The molecule has 0 aromatic carbocycles. The lowest BCUT2D eigenvalue weighted by Gasteiger charge is -2.32. The van der Waals surface area contributed by atoms with Crippen molar-refractivity contribution in [2.45, 2.75) is 26.4 Å². The molecule has 3 heterocycles. The summed E-state index contributed by atoms with van der Waals surface area (Å²) < 4.78 is 9.91. The Balaban J connectivity index is 1.44. The van der Waals surface area contributed by atoms with Crippen LogP contribution in [0.2, 0.25) is 0 Å². The van der Waals surface area contributed by atoms with Gasteiger partial charge in [-0.05, 0) is 26.8 Å². The Morgan fingerprint density at radius 2 is 2.00 bits per heavy atom. The number of rotatable bonds is 4. The van der Waals surface area contributed by atoms with Crippen LogP contribution in [-0.4, -0.2) is 84.2 Å². The SMILES string of the molecule is Cc1nsc(N2CCCN(CCN3CCO[C@@H](C)C3)CC2)n1. The second-order valence-electron chi connectivity index (χ2n) is 6.29. The van der Waals surface area contributed by atoms with Gasteiger partial charge in [-0.2, -0.15) is 4.37 Å². The molecule has 0 aliphatic carbocycles. The van der Waals surface area contributed by atoms with Crippen molar-refractivity contribution in [2.75, 3.05) is 63.9 Å². The average molecular weight is 325 g/mol. The molecular formula is C15H27N5OS. The highest BCUT2D eigenvalue weighted by Crippen LogP contribution is 2.18. The molecule has 3 rings (SSSR count). The summed E-state index contributed by atoms with van der Waals surface area (Å²) in [6.45, 7) is 14.0. The summed E-state index contributed by atoms with van der Waals surface area (Å²) in [6, 6.07) is 0. The molecule has 2 aliphatic rings. The van der Waals surface area contributed by atoms with Gasteiger partial charge in [-0.3, -0.25) is 4.90 Å². The van der Waals surface area contributed by atoms with Gasteiger partial charge >= 0.3 is 0 Å². The summed E-state index contributed by atoms with van der Waals surface area (Å²) >= 11 is 1.53. The Labute approximate surface area is 137 Å². The quantitative estimate of drug-likeness (QED) is 0.825. The first kappa shape index (κ1) is 16.1. The minimum absolute atomic E-state index is 0.383. The van der Waals surface area contributed by atoms with Gasteiger partial charge in [-0.25, -0.2) is 4.98 Å². The molecule has 7 heteroatoms. The molecule has 22 heavy (non-hydrogen) atoms. The predicted octanol–water partition coefficient (Wildman–Crippen LogP) is 1.08. The van der Waals surface area contributed by atoms with Crippen molar-refractivity contribution >= 4 is 16.7 Å². The van der Waals surface area contributed by atoms with Crippen LogP contribution >= 0.6 is 11.5 Å². The lowest BCUT2D eigenvalue weighted by Crippen LogP contribution is -2.45. The zero-order valence-corrected chi connectivity index (χ0v) is 14.5. The topological polar surface area (TPSA) is 44.7 Å². The summed E-state index contributed by atoms with van der Waals surface area (Å²) in [7, 11) is 0. The fraction of sp³-hybridized carbons (Fsp3) is 0.867. The molecule has 0 radical (unpaired) electrons. The van der Waals surface area contributed by atoms with Crippen molar-refractivity contribution in [3.05, 3.63) is 5.82 Å². The first-order valence-electron chi connectivity index (χ1n) is 8.32. The van der Waals surface area contributed by atoms with Crippen LogP contribution < -0.4 is 4.90 Å². The van der Waals surface area contributed by atoms with Crippen LogP contribution in [0.4, 0.5) is 5.13 Å². The van der Waals surface area contributed by atoms with Crippen molar-refractivity contribution in [1.82, 2.24) is 19.2 Å². The van der Waals surface area contributed by atoms with Gasteiger partial charge in [0.1, 0.15) is 5.82 Å². The second-order valence-corrected chi connectivity index (χ2v) is 7.02. The van der Waals surface area contributed by atoms with Crippen LogP contribution in [0.5, 0.6) is 0 Å². The van der Waals surface area contributed by atoms with Crippen LogP contribution in [0.15, 0.2) is 0 Å². The lowest BCUT2D eigenvalue weighted by molar-refractivity contribution is -0.0204. The highest BCUT2D eigenvalue weighted by molar-refractivity contribution is 7.09. The van der Waals surface area contributed by atoms with E-state index in [1.54, 1.807) is 0 Å². The van der Waals surface area contributed by atoms with Crippen LogP contribution in [-0.2, 0) is 4.74 Å². The summed E-state index contributed by atoms with van der Waals surface area (Å²) in [5.74, 6) is 0.891. The highest BCUT2D eigenvalue weighted by Gasteiger charge is 2.20. The Morgan fingerprint density at radius 3 is 2.77 bits per heavy atom. The summed E-state index contributed by atoms with van der Waals surface area (Å²) in [5.41, 5.74) is 0. The first-order chi connectivity index (χ1) is 10.7. The summed E-state index contributed by atoms with van der Waals surface area (Å²) in [4.78, 5) is 12.0. The number of nitrogens with zero attached hydrogens (tertiary/aromatic N) is 5. The molecule has 0 unspecified atom stereocenters. The third kappa shape index (κ3) is 4.38. The van der Waals surface area contributed by atoms with Crippen molar-refractivity contribution < 1.29 is 4.74 Å². The first-order valence-corrected chi connectivity index (χ1v) is 9.09. The highest BCUT2D eigenvalue weighted by atomic mass is 32.1. The van der Waals surface area contributed by atoms with Gasteiger partial charge in [-0.1, -0.05) is 0 Å². The van der Waals surface area contributed by atoms with Crippen molar-refractivity contribution in [1.29, 1.82) is 0 Å². The second kappa shape index (κ2) is 7.68. The largest absolute Gasteiger partial charge is 0.376 e. The molecule has 1 atom stereocenters. The molecule has 0 N–H and O–H groups in total. The number of hydrogen-bond acceptors (Lipinski definition) is 7. The Hall–Kier alpha value is -0.760. The van der Waals surface area contributed by atoms with E-state index < -0.39 is 0 Å². The van der Waals surface area contributed by atoms with Gasteiger partial charge in [0.2, 0.25) is 5.13 Å². The average Bonchev–Trinajstić information content (AvgIpc) is 2.80. The molecule has 2 saturated heterocycles. The summed E-state index contributed by atoms with van der Waals surface area (Å²) in [5, 5.41) is 1.08. The van der Waals surface area contributed by atoms with Crippen LogP contribution in [0, 0.1) is 6.92 Å². The molecule has 6 nitrogen and oxygen atoms in total. The van der Waals surface area contributed by atoms with E-state index in [0.29, 0.717) is 6.10 Å². The minimum atomic E-state index is 0.383. The maximum absolute atomic E-state index is 5.61. The molecule has 2 fully saturated rings. The fourth-order valence-corrected chi connectivity index (χ4v) is 3.90. The minimum Gasteiger partial charge on any atom is -0.376 e. The normalized spacial score (nSPS) is 25.4. The van der Waals surface area contributed by atoms with E-state index in [1.807, 2.05) is 6.92 Å². The third-order valence-electron chi connectivity index (χ3n) is 4.43. The number of ether oxygens (including phenoxy) is 1. The molecule has 0 bridgehead atoms. The zero-order valence-electron chi connectivity index (χ0n) is 13.7. The van der Waals surface area contributed by atoms with Gasteiger partial charge in [0.05, 0.1) is 12.7 Å². The van der Waals surface area contributed by atoms with Crippen molar-refractivity contribution in [3.8, 4) is 0 Å². The van der Waals surface area contributed by atoms with Gasteiger partial charge in [0.15, 0.2) is 0 Å². The Bertz CT molecular complexity index is 469. The molecule has 124 valence electrons. The van der Waals surface area contributed by atoms with Crippen LogP contribution in [0.1, 0.15) is 19.2 Å². The third-order valence-corrected chi connectivity index (χ3v) is 5.30. The number of morpholine rings is 1. The van der Waals surface area contributed by atoms with Crippen molar-refractivity contribution in [2.24, 2.45) is 0 Å². The summed E-state index contributed by atoms with van der Waals surface area (Å²) in [6.07, 6.45) is 1.59. The number of aromatic nitrogens is 2. The predicted molar refractivity (Wildman–Crippen MR) is 89.8 cm³/mol. The van der Waals surface area contributed by atoms with Gasteiger partial charge in [0.25, 0.3) is 0 Å². The van der Waals surface area contributed by atoms with Crippen LogP contribution in [0.3, 0.4) is 0 Å². The number of hydrogen-bond donors (Lipinski definition) is 0. The Morgan fingerprint density at radius 1 is 1.14 bits per heavy atom. The van der Waals surface area contributed by atoms with Crippen LogP contribution in [0.25, 0.3) is 0 Å². The fourth-order valence-electron chi connectivity index (χ4n) is 3.18. The van der Waals surface area contributed by atoms with E-state index in [0.717, 1.165) is 63.4 Å². The number of aryl methyl sites for hydroxylation is 1. The van der Waals surface area contributed by atoms with Gasteiger partial charge in [-0.15, -0.1) is 0 Å². The van der Waals surface area contributed by atoms with E-state index in [1.165, 1.54) is 24.5 Å². The molecule has 2 aliphatic heterocycles. The molecular weight excluding hydrogens is 298 g/mol. The standard InChI is InChI=1S/C15H27N5OS/c1-13-12-19(10-11-21-13)7-6-18-4-3-5-20(9-8-18)15-16-14(2)17-22-15/h13H,3-12H2,1-2H3/t13-/m0/s1. The van der Waals surface area contributed by atoms with E-state index in [4.69, 9.17) is 4.74 Å².